The molecule has 1 aromatic carbocycles. The Kier molecular flexibility index (Phi) is 2.10. The molecular formula is C10H5BrN2O. The van der Waals surface area contributed by atoms with Crippen LogP contribution in [0.25, 0.3) is 5.57 Å². The zero-order valence-electron chi connectivity index (χ0n) is 7.04. The monoisotopic (exact) mass is 248 g/mol. The lowest BCUT2D eigenvalue weighted by Gasteiger charge is -1.97. The van der Waals surface area contributed by atoms with Crippen molar-refractivity contribution in [1.82, 2.24) is 0 Å². The first-order valence-electron chi connectivity index (χ1n) is 3.93. The number of carbonyl (C=O) groups is 1. The van der Waals surface area contributed by atoms with Gasteiger partial charge in [-0.2, -0.15) is 5.26 Å². The Balaban J connectivity index is 2.62. The van der Waals surface area contributed by atoms with E-state index in [9.17, 15) is 4.79 Å². The van der Waals surface area contributed by atoms with Crippen LogP contribution in [-0.4, -0.2) is 5.91 Å². The number of rotatable bonds is 0. The van der Waals surface area contributed by atoms with Crippen molar-refractivity contribution < 1.29 is 4.79 Å². The number of fused-ring (bicyclic) bond motifs is 1. The van der Waals surface area contributed by atoms with E-state index in [0.717, 1.165) is 15.7 Å². The normalized spacial score (nSPS) is 16.3. The third kappa shape index (κ3) is 1.32. The number of allylic oxidation sites excluding steroid dienone is 1. The summed E-state index contributed by atoms with van der Waals surface area (Å²) < 4.78 is 0.886. The quantitative estimate of drug-likeness (QED) is 0.566. The minimum absolute atomic E-state index is 0.223. The molecule has 1 aromatic rings. The first-order chi connectivity index (χ1) is 6.72. The van der Waals surface area contributed by atoms with E-state index in [4.69, 9.17) is 5.26 Å². The fourth-order valence-electron chi connectivity index (χ4n) is 1.37. The lowest BCUT2D eigenvalue weighted by atomic mass is 10.1. The summed E-state index contributed by atoms with van der Waals surface area (Å²) in [5.74, 6) is -0.223. The van der Waals surface area contributed by atoms with Crippen molar-refractivity contribution in [2.45, 2.75) is 0 Å². The van der Waals surface area contributed by atoms with Gasteiger partial charge in [0.05, 0.1) is 11.6 Å². The molecule has 1 amide bonds. The molecule has 1 heterocycles. The Morgan fingerprint density at radius 3 is 3.00 bits per heavy atom. The second kappa shape index (κ2) is 3.28. The molecule has 14 heavy (non-hydrogen) atoms. The standard InChI is InChI=1S/C10H5BrN2O/c11-6-1-2-9-8(5-6)7(3-4-12)10(14)13-9/h1-3,5H,(H,13,14). The number of hydrogen-bond acceptors (Lipinski definition) is 2. The van der Waals surface area contributed by atoms with Crippen LogP contribution >= 0.6 is 15.9 Å². The largest absolute Gasteiger partial charge is 0.321 e. The Bertz CT molecular complexity index is 485. The van der Waals surface area contributed by atoms with E-state index in [1.54, 1.807) is 6.07 Å². The molecule has 1 N–H and O–H groups in total. The molecule has 0 saturated carbocycles. The average molecular weight is 249 g/mol. The maximum absolute atomic E-state index is 11.4. The summed E-state index contributed by atoms with van der Waals surface area (Å²) in [6.07, 6.45) is 1.26. The van der Waals surface area contributed by atoms with Gasteiger partial charge in [-0.05, 0) is 18.2 Å². The van der Waals surface area contributed by atoms with Crippen molar-refractivity contribution in [2.75, 3.05) is 5.32 Å². The van der Waals surface area contributed by atoms with Crippen molar-refractivity contribution in [3.63, 3.8) is 0 Å². The maximum atomic E-state index is 11.4. The number of nitrogens with one attached hydrogen (secondary N) is 1. The molecule has 0 aliphatic carbocycles. The zero-order chi connectivity index (χ0) is 10.1. The Morgan fingerprint density at radius 1 is 1.50 bits per heavy atom. The summed E-state index contributed by atoms with van der Waals surface area (Å²) in [5.41, 5.74) is 1.94. The third-order valence-corrected chi connectivity index (χ3v) is 2.47. The van der Waals surface area contributed by atoms with Crippen LogP contribution in [-0.2, 0) is 4.79 Å². The second-order valence-corrected chi connectivity index (χ2v) is 3.75. The average Bonchev–Trinajstić information content (AvgIpc) is 2.45. The first-order valence-corrected chi connectivity index (χ1v) is 4.73. The highest BCUT2D eigenvalue weighted by Gasteiger charge is 2.23. The topological polar surface area (TPSA) is 52.9 Å². The maximum Gasteiger partial charge on any atom is 0.257 e. The van der Waals surface area contributed by atoms with Crippen LogP contribution in [0.2, 0.25) is 0 Å². The number of amides is 1. The highest BCUT2D eigenvalue weighted by atomic mass is 79.9. The fraction of sp³-hybridized carbons (Fsp3) is 0. The van der Waals surface area contributed by atoms with E-state index in [1.165, 1.54) is 6.08 Å². The van der Waals surface area contributed by atoms with Gasteiger partial charge in [-0.25, -0.2) is 0 Å². The zero-order valence-corrected chi connectivity index (χ0v) is 8.63. The van der Waals surface area contributed by atoms with Gasteiger partial charge in [0.2, 0.25) is 0 Å². The molecule has 2 rings (SSSR count). The third-order valence-electron chi connectivity index (χ3n) is 1.97. The van der Waals surface area contributed by atoms with Crippen LogP contribution < -0.4 is 5.32 Å². The van der Waals surface area contributed by atoms with Crippen LogP contribution in [0.5, 0.6) is 0 Å². The molecule has 0 aromatic heterocycles. The fourth-order valence-corrected chi connectivity index (χ4v) is 1.73. The van der Waals surface area contributed by atoms with Crippen LogP contribution in [0.3, 0.4) is 0 Å². The summed E-state index contributed by atoms with van der Waals surface area (Å²) >= 11 is 3.31. The Morgan fingerprint density at radius 2 is 2.29 bits per heavy atom. The van der Waals surface area contributed by atoms with E-state index in [0.29, 0.717) is 5.57 Å². The molecule has 0 spiro atoms. The highest BCUT2D eigenvalue weighted by molar-refractivity contribution is 9.10. The summed E-state index contributed by atoms with van der Waals surface area (Å²) in [4.78, 5) is 11.4. The van der Waals surface area contributed by atoms with Gasteiger partial charge in [0.15, 0.2) is 0 Å². The minimum atomic E-state index is -0.223. The van der Waals surface area contributed by atoms with Crippen LogP contribution in [0.15, 0.2) is 28.7 Å². The van der Waals surface area contributed by atoms with Crippen molar-refractivity contribution >= 4 is 33.1 Å². The van der Waals surface area contributed by atoms with Crippen molar-refractivity contribution in [2.24, 2.45) is 0 Å². The van der Waals surface area contributed by atoms with Gasteiger partial charge >= 0.3 is 0 Å². The van der Waals surface area contributed by atoms with Gasteiger partial charge in [0.25, 0.3) is 5.91 Å². The number of anilines is 1. The van der Waals surface area contributed by atoms with Crippen LogP contribution in [0.1, 0.15) is 5.56 Å². The van der Waals surface area contributed by atoms with E-state index in [-0.39, 0.29) is 5.91 Å². The Hall–Kier alpha value is -1.60. The highest BCUT2D eigenvalue weighted by Crippen LogP contribution is 2.33. The number of hydrogen-bond donors (Lipinski definition) is 1. The van der Waals surface area contributed by atoms with Crippen molar-refractivity contribution in [1.29, 1.82) is 5.26 Å². The lowest BCUT2D eigenvalue weighted by Crippen LogP contribution is -2.03. The number of nitriles is 1. The van der Waals surface area contributed by atoms with Crippen LogP contribution in [0.4, 0.5) is 5.69 Å². The Labute approximate surface area is 89.2 Å². The molecule has 3 nitrogen and oxygen atoms in total. The lowest BCUT2D eigenvalue weighted by molar-refractivity contribution is -0.110. The number of benzene rings is 1. The first kappa shape index (κ1) is 8.97. The van der Waals surface area contributed by atoms with Crippen molar-refractivity contribution in [3.05, 3.63) is 34.3 Å². The van der Waals surface area contributed by atoms with Gasteiger partial charge < -0.3 is 5.32 Å². The van der Waals surface area contributed by atoms with E-state index < -0.39 is 0 Å². The molecule has 0 saturated heterocycles. The molecule has 0 bridgehead atoms. The summed E-state index contributed by atoms with van der Waals surface area (Å²) in [6.45, 7) is 0. The summed E-state index contributed by atoms with van der Waals surface area (Å²) in [7, 11) is 0. The van der Waals surface area contributed by atoms with Crippen molar-refractivity contribution in [3.8, 4) is 6.07 Å². The predicted octanol–water partition coefficient (Wildman–Crippen LogP) is 2.31. The summed E-state index contributed by atoms with van der Waals surface area (Å²) in [6, 6.07) is 7.32. The van der Waals surface area contributed by atoms with E-state index >= 15 is 0 Å². The molecular weight excluding hydrogens is 244 g/mol. The van der Waals surface area contributed by atoms with E-state index in [2.05, 4.69) is 21.2 Å². The minimum Gasteiger partial charge on any atom is -0.321 e. The SMILES string of the molecule is N#CC=C1C(=O)Nc2ccc(Br)cc21. The van der Waals surface area contributed by atoms with Gasteiger partial charge in [0.1, 0.15) is 0 Å². The second-order valence-electron chi connectivity index (χ2n) is 2.83. The molecule has 0 radical (unpaired) electrons. The molecule has 1 aliphatic heterocycles. The number of nitrogens with zero attached hydrogens (tertiary/aromatic N) is 1. The molecule has 4 heteroatoms. The van der Waals surface area contributed by atoms with E-state index in [1.807, 2.05) is 18.2 Å². The number of halogens is 1. The molecule has 0 unspecified atom stereocenters. The predicted molar refractivity (Wildman–Crippen MR) is 56.4 cm³/mol. The van der Waals surface area contributed by atoms with Gasteiger partial charge in [0, 0.05) is 21.8 Å². The molecule has 68 valence electrons. The van der Waals surface area contributed by atoms with Gasteiger partial charge in [-0.15, -0.1) is 0 Å². The number of carbonyl (C=O) groups excluding carboxylic acids is 1. The smallest absolute Gasteiger partial charge is 0.257 e. The van der Waals surface area contributed by atoms with Gasteiger partial charge in [-0.1, -0.05) is 15.9 Å². The molecule has 0 atom stereocenters. The van der Waals surface area contributed by atoms with Crippen LogP contribution in [0, 0.1) is 11.3 Å². The molecule has 1 aliphatic rings. The van der Waals surface area contributed by atoms with Gasteiger partial charge in [-0.3, -0.25) is 4.79 Å². The molecule has 0 fully saturated rings. The summed E-state index contributed by atoms with van der Waals surface area (Å²) in [5, 5.41) is 11.2.